The summed E-state index contributed by atoms with van der Waals surface area (Å²) in [6.45, 7) is 0.527. The number of likely N-dealkylation sites (N-methyl/N-ethyl adjacent to an activating group) is 1. The number of nitrogens with one attached hydrogen (secondary N) is 1. The van der Waals surface area contributed by atoms with Gasteiger partial charge in [0.2, 0.25) is 0 Å². The average Bonchev–Trinajstić information content (AvgIpc) is 3.01. The van der Waals surface area contributed by atoms with Gasteiger partial charge < -0.3 is 14.5 Å². The summed E-state index contributed by atoms with van der Waals surface area (Å²) in [6.07, 6.45) is 4.90. The van der Waals surface area contributed by atoms with Crippen LogP contribution in [0.2, 0.25) is 0 Å². The predicted octanol–water partition coefficient (Wildman–Crippen LogP) is -0.205. The second-order valence-corrected chi connectivity index (χ2v) is 4.28. The number of nitrogens with zero attached hydrogens (tertiary/aromatic N) is 3. The van der Waals surface area contributed by atoms with Crippen LogP contribution in [0.5, 0.6) is 0 Å². The van der Waals surface area contributed by atoms with Gasteiger partial charge in [-0.2, -0.15) is 0 Å². The van der Waals surface area contributed by atoms with Crippen molar-refractivity contribution in [2.75, 3.05) is 18.5 Å². The van der Waals surface area contributed by atoms with Crippen LogP contribution in [0.15, 0.2) is 21.9 Å². The maximum absolute atomic E-state index is 12.4. The third-order valence-electron chi connectivity index (χ3n) is 3.32. The minimum atomic E-state index is -0.438. The summed E-state index contributed by atoms with van der Waals surface area (Å²) in [7, 11) is 1.74. The number of hydrogen-bond donors (Lipinski definition) is 1. The van der Waals surface area contributed by atoms with E-state index in [9.17, 15) is 4.79 Å². The molecule has 2 aliphatic heterocycles. The molecule has 1 aromatic rings. The van der Waals surface area contributed by atoms with E-state index in [-0.39, 0.29) is 18.1 Å². The summed E-state index contributed by atoms with van der Waals surface area (Å²) < 4.78 is 10.6. The van der Waals surface area contributed by atoms with Gasteiger partial charge in [0.1, 0.15) is 18.4 Å². The molecule has 0 radical (unpaired) electrons. The molecule has 1 fully saturated rings. The maximum atomic E-state index is 12.4. The van der Waals surface area contributed by atoms with Gasteiger partial charge in [0.05, 0.1) is 12.2 Å². The molecule has 2 aliphatic rings. The fourth-order valence-corrected chi connectivity index (χ4v) is 2.41. The largest absolute Gasteiger partial charge is 0.476 e. The quantitative estimate of drug-likeness (QED) is 0.786. The van der Waals surface area contributed by atoms with Crippen molar-refractivity contribution in [1.82, 2.24) is 10.3 Å². The summed E-state index contributed by atoms with van der Waals surface area (Å²) >= 11 is 0. The molecule has 0 aliphatic carbocycles. The van der Waals surface area contributed by atoms with Crippen molar-refractivity contribution >= 4 is 18.3 Å². The molecule has 1 amide bonds. The Balaban J connectivity index is 1.90. The normalized spacial score (nSPS) is 31.1. The minimum Gasteiger partial charge on any atom is -0.476 e. The average molecular weight is 250 g/mol. The first-order valence-corrected chi connectivity index (χ1v) is 5.86. The number of ether oxygens (including phenoxy) is 1. The van der Waals surface area contributed by atoms with Gasteiger partial charge in [0.25, 0.3) is 5.91 Å². The number of fused-ring (bicyclic) bond motifs is 1. The zero-order valence-corrected chi connectivity index (χ0v) is 9.94. The molecule has 1 N–H and O–H groups in total. The third kappa shape index (κ3) is 1.67. The molecule has 3 atom stereocenters. The zero-order chi connectivity index (χ0) is 12.5. The fraction of sp³-hybridized carbons (Fsp3) is 0.545. The Labute approximate surface area is 104 Å². The molecular formula is C11H14N4O3. The van der Waals surface area contributed by atoms with Gasteiger partial charge in [-0.1, -0.05) is 0 Å². The van der Waals surface area contributed by atoms with Crippen LogP contribution >= 0.6 is 0 Å². The van der Waals surface area contributed by atoms with Crippen LogP contribution < -0.4 is 10.2 Å². The Morgan fingerprint density at radius 3 is 3.17 bits per heavy atom. The van der Waals surface area contributed by atoms with Crippen LogP contribution in [-0.4, -0.2) is 49.1 Å². The monoisotopic (exact) mass is 250 g/mol. The lowest BCUT2D eigenvalue weighted by Crippen LogP contribution is -2.51. The fourth-order valence-electron chi connectivity index (χ4n) is 2.41. The molecule has 3 unspecified atom stereocenters. The molecule has 3 heterocycles. The molecular weight excluding hydrogens is 236 g/mol. The van der Waals surface area contributed by atoms with E-state index in [1.807, 2.05) is 0 Å². The second-order valence-electron chi connectivity index (χ2n) is 4.28. The number of carbonyl (C=O) groups is 1. The Morgan fingerprint density at radius 2 is 2.44 bits per heavy atom. The predicted molar refractivity (Wildman–Crippen MR) is 63.5 cm³/mol. The SMILES string of the molecule is CNC1C(=O)N(c2ncco2)CCC2N=COC21. The van der Waals surface area contributed by atoms with Gasteiger partial charge in [0.15, 0.2) is 6.40 Å². The topological polar surface area (TPSA) is 80.0 Å². The summed E-state index contributed by atoms with van der Waals surface area (Å²) in [5.74, 6) is -0.0991. The van der Waals surface area contributed by atoms with Crippen molar-refractivity contribution in [1.29, 1.82) is 0 Å². The van der Waals surface area contributed by atoms with Crippen molar-refractivity contribution < 1.29 is 13.9 Å². The first-order valence-electron chi connectivity index (χ1n) is 5.86. The maximum Gasteiger partial charge on any atom is 0.304 e. The number of carbonyl (C=O) groups excluding carboxylic acids is 1. The van der Waals surface area contributed by atoms with E-state index in [1.165, 1.54) is 18.9 Å². The first-order chi connectivity index (χ1) is 8.81. The number of anilines is 1. The van der Waals surface area contributed by atoms with Crippen LogP contribution in [-0.2, 0) is 9.53 Å². The van der Waals surface area contributed by atoms with Gasteiger partial charge in [-0.25, -0.2) is 4.98 Å². The van der Waals surface area contributed by atoms with Gasteiger partial charge in [0, 0.05) is 6.54 Å². The summed E-state index contributed by atoms with van der Waals surface area (Å²) in [5, 5.41) is 2.99. The van der Waals surface area contributed by atoms with Crippen molar-refractivity contribution in [2.45, 2.75) is 24.6 Å². The molecule has 3 rings (SSSR count). The highest BCUT2D eigenvalue weighted by Crippen LogP contribution is 2.25. The Kier molecular flexibility index (Phi) is 2.75. The lowest BCUT2D eigenvalue weighted by Gasteiger charge is -2.24. The second kappa shape index (κ2) is 4.41. The number of aliphatic imine (C=N–C) groups is 1. The van der Waals surface area contributed by atoms with Crippen LogP contribution in [0.4, 0.5) is 6.01 Å². The molecule has 0 saturated carbocycles. The number of aromatic nitrogens is 1. The number of amides is 1. The molecule has 0 bridgehead atoms. The molecule has 0 aromatic carbocycles. The Morgan fingerprint density at radius 1 is 1.56 bits per heavy atom. The van der Waals surface area contributed by atoms with E-state index >= 15 is 0 Å². The standard InChI is InChI=1S/C11H14N4O3/c1-12-8-9-7(14-6-18-9)2-4-15(10(8)16)11-13-3-5-17-11/h3,5-9,12H,2,4H2,1H3. The van der Waals surface area contributed by atoms with Crippen LogP contribution in [0, 0.1) is 0 Å². The van der Waals surface area contributed by atoms with Crippen molar-refractivity contribution in [3.05, 3.63) is 12.5 Å². The molecule has 7 nitrogen and oxygen atoms in total. The van der Waals surface area contributed by atoms with Crippen LogP contribution in [0.1, 0.15) is 6.42 Å². The number of hydrogen-bond acceptors (Lipinski definition) is 6. The van der Waals surface area contributed by atoms with E-state index in [0.717, 1.165) is 6.42 Å². The molecule has 96 valence electrons. The molecule has 1 aromatic heterocycles. The van der Waals surface area contributed by atoms with E-state index in [2.05, 4.69) is 15.3 Å². The molecule has 7 heteroatoms. The zero-order valence-electron chi connectivity index (χ0n) is 9.94. The van der Waals surface area contributed by atoms with Crippen LogP contribution in [0.3, 0.4) is 0 Å². The Hall–Kier alpha value is -1.89. The highest BCUT2D eigenvalue weighted by molar-refractivity contribution is 5.96. The van der Waals surface area contributed by atoms with Crippen molar-refractivity contribution in [3.63, 3.8) is 0 Å². The first kappa shape index (κ1) is 11.2. The summed E-state index contributed by atoms with van der Waals surface area (Å²) in [5.41, 5.74) is 0. The minimum absolute atomic E-state index is 0.00589. The van der Waals surface area contributed by atoms with Gasteiger partial charge in [-0.05, 0) is 13.5 Å². The number of oxazole rings is 1. The summed E-state index contributed by atoms with van der Waals surface area (Å²) in [6, 6.07) is -0.109. The molecule has 1 saturated heterocycles. The Bertz CT molecular complexity index is 459. The van der Waals surface area contributed by atoms with E-state index in [1.54, 1.807) is 11.9 Å². The van der Waals surface area contributed by atoms with Gasteiger partial charge in [-0.3, -0.25) is 14.7 Å². The summed E-state index contributed by atoms with van der Waals surface area (Å²) in [4.78, 5) is 22.3. The van der Waals surface area contributed by atoms with Gasteiger partial charge >= 0.3 is 6.01 Å². The van der Waals surface area contributed by atoms with Crippen molar-refractivity contribution in [3.8, 4) is 0 Å². The smallest absolute Gasteiger partial charge is 0.304 e. The van der Waals surface area contributed by atoms with Crippen molar-refractivity contribution in [2.24, 2.45) is 4.99 Å². The highest BCUT2D eigenvalue weighted by Gasteiger charge is 2.43. The van der Waals surface area contributed by atoms with E-state index in [4.69, 9.17) is 9.15 Å². The molecule has 0 spiro atoms. The van der Waals surface area contributed by atoms with Gasteiger partial charge in [-0.15, -0.1) is 0 Å². The van der Waals surface area contributed by atoms with E-state index in [0.29, 0.717) is 12.6 Å². The lowest BCUT2D eigenvalue weighted by atomic mass is 10.0. The van der Waals surface area contributed by atoms with Crippen LogP contribution in [0.25, 0.3) is 0 Å². The highest BCUT2D eigenvalue weighted by atomic mass is 16.5. The molecule has 18 heavy (non-hydrogen) atoms. The van der Waals surface area contributed by atoms with E-state index < -0.39 is 6.04 Å². The third-order valence-corrected chi connectivity index (χ3v) is 3.32. The lowest BCUT2D eigenvalue weighted by molar-refractivity contribution is -0.122. The number of rotatable bonds is 2.